The fourth-order valence-corrected chi connectivity index (χ4v) is 4.23. The highest BCUT2D eigenvalue weighted by Gasteiger charge is 2.62. The van der Waals surface area contributed by atoms with Crippen molar-refractivity contribution >= 4 is 23.4 Å². The fraction of sp³-hybridized carbons (Fsp3) is 0.500. The smallest absolute Gasteiger partial charge is 0.227 e. The summed E-state index contributed by atoms with van der Waals surface area (Å²) in [6.07, 6.45) is 1.20. The highest BCUT2D eigenvalue weighted by molar-refractivity contribution is 6.32. The maximum absolute atomic E-state index is 12.7. The minimum atomic E-state index is -0.598. The zero-order chi connectivity index (χ0) is 16.2. The molecule has 7 heteroatoms. The molecule has 0 saturated carbocycles. The Bertz CT molecular complexity index is 695. The van der Waals surface area contributed by atoms with E-state index >= 15 is 0 Å². The number of likely N-dealkylation sites (tertiary alicyclic amines) is 1. The van der Waals surface area contributed by atoms with Gasteiger partial charge in [-0.1, -0.05) is 17.7 Å². The van der Waals surface area contributed by atoms with Crippen LogP contribution in [0, 0.1) is 0 Å². The number of halogens is 1. The normalized spacial score (nSPS) is 29.1. The molecular formula is C16H17ClN2O4. The van der Waals surface area contributed by atoms with E-state index in [1.807, 2.05) is 0 Å². The monoisotopic (exact) mass is 336 g/mol. The molecule has 0 aromatic heterocycles. The Morgan fingerprint density at radius 2 is 2.26 bits per heavy atom. The van der Waals surface area contributed by atoms with Crippen LogP contribution < -0.4 is 0 Å². The van der Waals surface area contributed by atoms with Crippen molar-refractivity contribution < 1.29 is 19.4 Å². The zero-order valence-electron chi connectivity index (χ0n) is 12.5. The molecule has 23 heavy (non-hydrogen) atoms. The minimum absolute atomic E-state index is 0.000576. The van der Waals surface area contributed by atoms with E-state index in [-0.39, 0.29) is 35.0 Å². The van der Waals surface area contributed by atoms with Gasteiger partial charge in [-0.2, -0.15) is 0 Å². The molecule has 3 saturated heterocycles. The van der Waals surface area contributed by atoms with Gasteiger partial charge in [0.1, 0.15) is 5.75 Å². The van der Waals surface area contributed by atoms with Gasteiger partial charge < -0.3 is 19.6 Å². The van der Waals surface area contributed by atoms with Gasteiger partial charge in [-0.3, -0.25) is 9.59 Å². The summed E-state index contributed by atoms with van der Waals surface area (Å²) in [5.41, 5.74) is 0.145. The van der Waals surface area contributed by atoms with Crippen LogP contribution in [0.1, 0.15) is 18.4 Å². The van der Waals surface area contributed by atoms with Crippen molar-refractivity contribution in [3.63, 3.8) is 0 Å². The summed E-state index contributed by atoms with van der Waals surface area (Å²) in [6.45, 7) is 1.75. The van der Waals surface area contributed by atoms with Gasteiger partial charge in [0, 0.05) is 19.5 Å². The van der Waals surface area contributed by atoms with Gasteiger partial charge in [0.15, 0.2) is 5.72 Å². The van der Waals surface area contributed by atoms with Crippen LogP contribution in [0.5, 0.6) is 5.75 Å². The third kappa shape index (κ3) is 2.12. The number of amides is 2. The second-order valence-electron chi connectivity index (χ2n) is 6.26. The average Bonchev–Trinajstić information content (AvgIpc) is 3.14. The lowest BCUT2D eigenvalue weighted by atomic mass is 10.1. The van der Waals surface area contributed by atoms with Gasteiger partial charge >= 0.3 is 0 Å². The molecular weight excluding hydrogens is 320 g/mol. The molecule has 0 unspecified atom stereocenters. The predicted molar refractivity (Wildman–Crippen MR) is 82.0 cm³/mol. The molecule has 3 heterocycles. The predicted octanol–water partition coefficient (Wildman–Crippen LogP) is 1.15. The molecule has 122 valence electrons. The standard InChI is InChI=1S/C16H17ClN2O4/c17-11-7-10(1-2-12(11)20)8-14(21)18-4-3-16-13(18)9-15(22)19(16)5-6-23-16/h1-2,7,13,20H,3-6,8-9H2/t13-,16+/m1/s1. The molecule has 1 N–H and O–H groups in total. The van der Waals surface area contributed by atoms with E-state index in [1.54, 1.807) is 21.9 Å². The van der Waals surface area contributed by atoms with Crippen molar-refractivity contribution in [3.8, 4) is 5.75 Å². The van der Waals surface area contributed by atoms with Crippen molar-refractivity contribution in [1.82, 2.24) is 9.80 Å². The number of phenols is 1. The molecule has 3 aliphatic heterocycles. The molecule has 4 rings (SSSR count). The third-order valence-corrected chi connectivity index (χ3v) is 5.39. The number of ether oxygens (including phenoxy) is 1. The van der Waals surface area contributed by atoms with Gasteiger partial charge in [0.2, 0.25) is 11.8 Å². The van der Waals surface area contributed by atoms with Crippen molar-refractivity contribution in [1.29, 1.82) is 0 Å². The largest absolute Gasteiger partial charge is 0.506 e. The van der Waals surface area contributed by atoms with Crippen LogP contribution in [0.25, 0.3) is 0 Å². The Morgan fingerprint density at radius 1 is 1.43 bits per heavy atom. The number of aromatic hydroxyl groups is 1. The third-order valence-electron chi connectivity index (χ3n) is 5.09. The van der Waals surface area contributed by atoms with E-state index in [0.717, 1.165) is 5.56 Å². The molecule has 1 aromatic rings. The number of hydrogen-bond donors (Lipinski definition) is 1. The number of carbonyl (C=O) groups excluding carboxylic acids is 2. The van der Waals surface area contributed by atoms with E-state index in [0.29, 0.717) is 32.5 Å². The molecule has 2 atom stereocenters. The van der Waals surface area contributed by atoms with Gasteiger partial charge in [-0.15, -0.1) is 0 Å². The van der Waals surface area contributed by atoms with Crippen molar-refractivity contribution in [2.75, 3.05) is 19.7 Å². The zero-order valence-corrected chi connectivity index (χ0v) is 13.3. The lowest BCUT2D eigenvalue weighted by Gasteiger charge is -2.31. The molecule has 1 spiro atoms. The van der Waals surface area contributed by atoms with Gasteiger partial charge in [0.05, 0.1) is 30.5 Å². The second kappa shape index (κ2) is 5.11. The van der Waals surface area contributed by atoms with E-state index in [4.69, 9.17) is 16.3 Å². The van der Waals surface area contributed by atoms with Crippen LogP contribution in [-0.2, 0) is 20.7 Å². The van der Waals surface area contributed by atoms with Gasteiger partial charge in [0.25, 0.3) is 0 Å². The minimum Gasteiger partial charge on any atom is -0.506 e. The van der Waals surface area contributed by atoms with Gasteiger partial charge in [-0.05, 0) is 17.7 Å². The molecule has 0 aliphatic carbocycles. The summed E-state index contributed by atoms with van der Waals surface area (Å²) in [5.74, 6) is 0.0239. The van der Waals surface area contributed by atoms with Crippen LogP contribution in [0.15, 0.2) is 18.2 Å². The Hall–Kier alpha value is -1.79. The molecule has 0 radical (unpaired) electrons. The molecule has 1 aromatic carbocycles. The van der Waals surface area contributed by atoms with E-state index in [1.165, 1.54) is 6.07 Å². The topological polar surface area (TPSA) is 70.1 Å². The Kier molecular flexibility index (Phi) is 3.28. The first-order valence-electron chi connectivity index (χ1n) is 7.72. The van der Waals surface area contributed by atoms with Crippen molar-refractivity contribution in [2.24, 2.45) is 0 Å². The number of carbonyl (C=O) groups is 2. The van der Waals surface area contributed by atoms with Crippen LogP contribution in [0.3, 0.4) is 0 Å². The second-order valence-corrected chi connectivity index (χ2v) is 6.67. The van der Waals surface area contributed by atoms with Crippen molar-refractivity contribution in [3.05, 3.63) is 28.8 Å². The maximum atomic E-state index is 12.7. The maximum Gasteiger partial charge on any atom is 0.227 e. The van der Waals surface area contributed by atoms with E-state index in [2.05, 4.69) is 0 Å². The molecule has 0 bridgehead atoms. The Labute approximate surface area is 138 Å². The molecule has 3 aliphatic rings. The Balaban J connectivity index is 1.53. The number of rotatable bonds is 2. The van der Waals surface area contributed by atoms with Gasteiger partial charge in [-0.25, -0.2) is 0 Å². The van der Waals surface area contributed by atoms with E-state index in [9.17, 15) is 14.7 Å². The van der Waals surface area contributed by atoms with Crippen LogP contribution in [0.2, 0.25) is 5.02 Å². The highest BCUT2D eigenvalue weighted by atomic mass is 35.5. The SMILES string of the molecule is O=C(Cc1ccc(O)c(Cl)c1)N1CC[C@@]23OCCN2C(=O)C[C@@H]13. The first-order valence-corrected chi connectivity index (χ1v) is 8.10. The summed E-state index contributed by atoms with van der Waals surface area (Å²) in [7, 11) is 0. The quantitative estimate of drug-likeness (QED) is 0.879. The first-order chi connectivity index (χ1) is 11.0. The molecule has 6 nitrogen and oxygen atoms in total. The summed E-state index contributed by atoms with van der Waals surface area (Å²) in [5, 5.41) is 9.69. The van der Waals surface area contributed by atoms with Crippen LogP contribution in [-0.4, -0.2) is 58.2 Å². The number of hydrogen-bond acceptors (Lipinski definition) is 4. The van der Waals surface area contributed by atoms with Crippen LogP contribution in [0.4, 0.5) is 0 Å². The Morgan fingerprint density at radius 3 is 3.04 bits per heavy atom. The summed E-state index contributed by atoms with van der Waals surface area (Å²) in [4.78, 5) is 28.4. The average molecular weight is 337 g/mol. The molecule has 2 amide bonds. The van der Waals surface area contributed by atoms with Crippen molar-refractivity contribution in [2.45, 2.75) is 31.0 Å². The summed E-state index contributed by atoms with van der Waals surface area (Å²) in [6, 6.07) is 4.57. The first kappa shape index (κ1) is 14.8. The fourth-order valence-electron chi connectivity index (χ4n) is 4.03. The summed E-state index contributed by atoms with van der Waals surface area (Å²) >= 11 is 5.89. The lowest BCUT2D eigenvalue weighted by Crippen LogP contribution is -2.49. The summed E-state index contributed by atoms with van der Waals surface area (Å²) < 4.78 is 5.88. The van der Waals surface area contributed by atoms with E-state index < -0.39 is 5.72 Å². The molecule has 3 fully saturated rings. The lowest BCUT2D eigenvalue weighted by molar-refractivity contribution is -0.139. The number of phenolic OH excluding ortho intramolecular Hbond substituents is 1. The number of benzene rings is 1. The highest BCUT2D eigenvalue weighted by Crippen LogP contribution is 2.45. The van der Waals surface area contributed by atoms with Crippen LogP contribution >= 0.6 is 11.6 Å². The number of nitrogens with zero attached hydrogens (tertiary/aromatic N) is 2.